The molecule has 23 heavy (non-hydrogen) atoms. The number of methoxy groups -OCH3 is 1. The molecule has 2 aromatic carbocycles. The Kier molecular flexibility index (Phi) is 5.69. The van der Waals surface area contributed by atoms with Gasteiger partial charge in [-0.1, -0.05) is 35.3 Å². The van der Waals surface area contributed by atoms with Crippen LogP contribution >= 0.6 is 23.2 Å². The van der Waals surface area contributed by atoms with Gasteiger partial charge in [0.25, 0.3) is 0 Å². The van der Waals surface area contributed by atoms with Crippen LogP contribution in [0.25, 0.3) is 6.08 Å². The molecule has 0 aromatic heterocycles. The van der Waals surface area contributed by atoms with Gasteiger partial charge in [-0.2, -0.15) is 0 Å². The van der Waals surface area contributed by atoms with E-state index >= 15 is 0 Å². The van der Waals surface area contributed by atoms with E-state index in [1.807, 2.05) is 32.0 Å². The Morgan fingerprint density at radius 3 is 2.61 bits per heavy atom. The molecule has 0 aliphatic rings. The van der Waals surface area contributed by atoms with Gasteiger partial charge in [0, 0.05) is 22.3 Å². The average molecular weight is 350 g/mol. The Morgan fingerprint density at radius 2 is 1.91 bits per heavy atom. The summed E-state index contributed by atoms with van der Waals surface area (Å²) in [5.74, 6) is 0.240. The Bertz CT molecular complexity index is 770. The Balaban J connectivity index is 2.20. The van der Waals surface area contributed by atoms with Crippen LogP contribution < -0.4 is 10.1 Å². The molecule has 120 valence electrons. The molecular weight excluding hydrogens is 333 g/mol. The van der Waals surface area contributed by atoms with Crippen molar-refractivity contribution in [2.24, 2.45) is 0 Å². The third-order valence-corrected chi connectivity index (χ3v) is 3.81. The summed E-state index contributed by atoms with van der Waals surface area (Å²) in [5.41, 5.74) is 3.51. The minimum atomic E-state index is -0.239. The molecule has 1 N–H and O–H groups in total. The number of aryl methyl sites for hydroxylation is 2. The van der Waals surface area contributed by atoms with Gasteiger partial charge in [-0.3, -0.25) is 4.79 Å². The lowest BCUT2D eigenvalue weighted by Gasteiger charge is -2.09. The maximum absolute atomic E-state index is 12.1. The minimum Gasteiger partial charge on any atom is -0.495 e. The predicted molar refractivity (Wildman–Crippen MR) is 96.6 cm³/mol. The van der Waals surface area contributed by atoms with Gasteiger partial charge in [0.05, 0.1) is 12.1 Å². The summed E-state index contributed by atoms with van der Waals surface area (Å²) in [4.78, 5) is 12.1. The lowest BCUT2D eigenvalue weighted by atomic mass is 10.1. The minimum absolute atomic E-state index is 0.239. The van der Waals surface area contributed by atoms with Gasteiger partial charge in [0.15, 0.2) is 0 Å². The molecule has 2 rings (SSSR count). The second-order valence-corrected chi connectivity index (χ2v) is 5.99. The fourth-order valence-corrected chi connectivity index (χ4v) is 2.72. The normalized spacial score (nSPS) is 10.8. The van der Waals surface area contributed by atoms with Gasteiger partial charge in [-0.05, 0) is 49.2 Å². The molecule has 3 nitrogen and oxygen atoms in total. The van der Waals surface area contributed by atoms with Crippen LogP contribution in [0.1, 0.15) is 16.7 Å². The molecule has 0 heterocycles. The highest BCUT2D eigenvalue weighted by atomic mass is 35.5. The summed E-state index contributed by atoms with van der Waals surface area (Å²) < 4.78 is 5.24. The number of nitrogens with one attached hydrogen (secondary N) is 1. The van der Waals surface area contributed by atoms with Crippen molar-refractivity contribution in [2.45, 2.75) is 13.8 Å². The monoisotopic (exact) mass is 349 g/mol. The summed E-state index contributed by atoms with van der Waals surface area (Å²) in [7, 11) is 1.52. The summed E-state index contributed by atoms with van der Waals surface area (Å²) >= 11 is 12.1. The number of benzene rings is 2. The van der Waals surface area contributed by atoms with Gasteiger partial charge in [-0.25, -0.2) is 0 Å². The standard InChI is InChI=1S/C18H17Cl2NO2/c1-11-4-5-12(2)16(8-11)21-17(22)7-6-13-9-14(19)10-15(20)18(13)23-3/h4-10H,1-3H3,(H,21,22)/b7-6+. The van der Waals surface area contributed by atoms with Crippen LogP contribution in [0.3, 0.4) is 0 Å². The van der Waals surface area contributed by atoms with Crippen molar-refractivity contribution in [3.8, 4) is 5.75 Å². The van der Waals surface area contributed by atoms with Gasteiger partial charge >= 0.3 is 0 Å². The molecule has 0 saturated carbocycles. The number of rotatable bonds is 4. The second-order valence-electron chi connectivity index (χ2n) is 5.15. The van der Waals surface area contributed by atoms with Crippen molar-refractivity contribution in [1.82, 2.24) is 0 Å². The molecule has 0 atom stereocenters. The zero-order valence-electron chi connectivity index (χ0n) is 13.1. The Hall–Kier alpha value is -1.97. The van der Waals surface area contributed by atoms with Crippen LogP contribution in [0.2, 0.25) is 10.0 Å². The number of carbonyl (C=O) groups excluding carboxylic acids is 1. The van der Waals surface area contributed by atoms with Crippen molar-refractivity contribution < 1.29 is 9.53 Å². The van der Waals surface area contributed by atoms with E-state index in [9.17, 15) is 4.79 Å². The molecule has 0 saturated heterocycles. The van der Waals surface area contributed by atoms with Gasteiger partial charge in [0.2, 0.25) is 5.91 Å². The van der Waals surface area contributed by atoms with Crippen molar-refractivity contribution >= 4 is 40.9 Å². The lowest BCUT2D eigenvalue weighted by Crippen LogP contribution is -2.09. The Morgan fingerprint density at radius 1 is 1.17 bits per heavy atom. The molecular formula is C18H17Cl2NO2. The summed E-state index contributed by atoms with van der Waals surface area (Å²) in [6, 6.07) is 9.18. The number of amides is 1. The van der Waals surface area contributed by atoms with Crippen molar-refractivity contribution in [3.63, 3.8) is 0 Å². The number of hydrogen-bond acceptors (Lipinski definition) is 2. The van der Waals surface area contributed by atoms with Crippen LogP contribution in [0, 0.1) is 13.8 Å². The third kappa shape index (κ3) is 4.50. The predicted octanol–water partition coefficient (Wildman–Crippen LogP) is 5.27. The smallest absolute Gasteiger partial charge is 0.248 e. The number of halogens is 2. The molecule has 0 aliphatic carbocycles. The SMILES string of the molecule is COc1c(Cl)cc(Cl)cc1/C=C/C(=O)Nc1cc(C)ccc1C. The summed E-state index contributed by atoms with van der Waals surface area (Å²) in [5, 5.41) is 3.73. The average Bonchev–Trinajstić information content (AvgIpc) is 2.48. The summed E-state index contributed by atoms with van der Waals surface area (Å²) in [6.07, 6.45) is 3.04. The molecule has 2 aromatic rings. The highest BCUT2D eigenvalue weighted by Gasteiger charge is 2.08. The highest BCUT2D eigenvalue weighted by Crippen LogP contribution is 2.33. The molecule has 1 amide bonds. The van der Waals surface area contributed by atoms with Crippen LogP contribution in [0.5, 0.6) is 5.75 Å². The van der Waals surface area contributed by atoms with Crippen LogP contribution in [-0.4, -0.2) is 13.0 Å². The lowest BCUT2D eigenvalue weighted by molar-refractivity contribution is -0.111. The quantitative estimate of drug-likeness (QED) is 0.763. The van der Waals surface area contributed by atoms with E-state index in [1.54, 1.807) is 18.2 Å². The Labute approximate surface area is 145 Å². The van der Waals surface area contributed by atoms with Crippen molar-refractivity contribution in [3.05, 3.63) is 63.1 Å². The molecule has 0 spiro atoms. The van der Waals surface area contributed by atoms with Crippen LogP contribution in [0.4, 0.5) is 5.69 Å². The third-order valence-electron chi connectivity index (χ3n) is 3.31. The van der Waals surface area contributed by atoms with E-state index in [4.69, 9.17) is 27.9 Å². The maximum Gasteiger partial charge on any atom is 0.248 e. The molecule has 0 fully saturated rings. The maximum atomic E-state index is 12.1. The van der Waals surface area contributed by atoms with Gasteiger partial charge < -0.3 is 10.1 Å². The number of carbonyl (C=O) groups is 1. The first-order chi connectivity index (χ1) is 10.9. The fourth-order valence-electron chi connectivity index (χ4n) is 2.13. The molecule has 0 aliphatic heterocycles. The van der Waals surface area contributed by atoms with E-state index in [0.29, 0.717) is 21.4 Å². The van der Waals surface area contributed by atoms with Gasteiger partial charge in [0.1, 0.15) is 5.75 Å². The van der Waals surface area contributed by atoms with Gasteiger partial charge in [-0.15, -0.1) is 0 Å². The molecule has 0 radical (unpaired) electrons. The first-order valence-corrected chi connectivity index (χ1v) is 7.75. The van der Waals surface area contributed by atoms with E-state index in [-0.39, 0.29) is 5.91 Å². The zero-order valence-corrected chi connectivity index (χ0v) is 14.6. The van der Waals surface area contributed by atoms with E-state index in [0.717, 1.165) is 16.8 Å². The van der Waals surface area contributed by atoms with Crippen molar-refractivity contribution in [2.75, 3.05) is 12.4 Å². The van der Waals surface area contributed by atoms with Crippen LogP contribution in [-0.2, 0) is 4.79 Å². The topological polar surface area (TPSA) is 38.3 Å². The molecule has 5 heteroatoms. The number of hydrogen-bond donors (Lipinski definition) is 1. The van der Waals surface area contributed by atoms with Crippen LogP contribution in [0.15, 0.2) is 36.4 Å². The first-order valence-electron chi connectivity index (χ1n) is 7.00. The molecule has 0 bridgehead atoms. The highest BCUT2D eigenvalue weighted by molar-refractivity contribution is 6.36. The number of ether oxygens (including phenoxy) is 1. The van der Waals surface area contributed by atoms with E-state index in [1.165, 1.54) is 13.2 Å². The fraction of sp³-hybridized carbons (Fsp3) is 0.167. The van der Waals surface area contributed by atoms with Crippen molar-refractivity contribution in [1.29, 1.82) is 0 Å². The first kappa shape index (κ1) is 17.4. The second kappa shape index (κ2) is 7.53. The number of anilines is 1. The van der Waals surface area contributed by atoms with E-state index in [2.05, 4.69) is 5.32 Å². The molecule has 0 unspecified atom stereocenters. The zero-order chi connectivity index (χ0) is 17.0. The summed E-state index contributed by atoms with van der Waals surface area (Å²) in [6.45, 7) is 3.92. The van der Waals surface area contributed by atoms with E-state index < -0.39 is 0 Å². The largest absolute Gasteiger partial charge is 0.495 e.